The summed E-state index contributed by atoms with van der Waals surface area (Å²) in [7, 11) is 0. The van der Waals surface area contributed by atoms with Crippen LogP contribution in [0.3, 0.4) is 0 Å². The molecule has 0 unspecified atom stereocenters. The van der Waals surface area contributed by atoms with Gasteiger partial charge in [0.2, 0.25) is 0 Å². The summed E-state index contributed by atoms with van der Waals surface area (Å²) in [5.41, 5.74) is 0.934. The fourth-order valence-corrected chi connectivity index (χ4v) is 1.81. The molecule has 2 rings (SSSR count). The number of aliphatic hydroxyl groups excluding tert-OH is 1. The zero-order chi connectivity index (χ0) is 14.6. The third-order valence-electron chi connectivity index (χ3n) is 3.47. The lowest BCUT2D eigenvalue weighted by Gasteiger charge is -2.11. The minimum absolute atomic E-state index is 0.0337. The Morgan fingerprint density at radius 2 is 2.25 bits per heavy atom. The first-order chi connectivity index (χ1) is 9.54. The van der Waals surface area contributed by atoms with Crippen LogP contribution in [0.5, 0.6) is 0 Å². The summed E-state index contributed by atoms with van der Waals surface area (Å²) in [4.78, 5) is 12.1. The van der Waals surface area contributed by atoms with Crippen molar-refractivity contribution >= 4 is 5.91 Å². The van der Waals surface area contributed by atoms with Gasteiger partial charge in [-0.05, 0) is 36.5 Å². The van der Waals surface area contributed by atoms with Gasteiger partial charge in [0, 0.05) is 18.5 Å². The molecule has 1 fully saturated rings. The number of rotatable bonds is 4. The minimum Gasteiger partial charge on any atom is -0.395 e. The van der Waals surface area contributed by atoms with Gasteiger partial charge in [0.1, 0.15) is 5.82 Å². The van der Waals surface area contributed by atoms with Crippen LogP contribution in [-0.4, -0.2) is 24.2 Å². The average Bonchev–Trinajstić information content (AvgIpc) is 3.16. The van der Waals surface area contributed by atoms with Crippen LogP contribution in [0, 0.1) is 23.1 Å². The molecule has 0 spiro atoms. The molecule has 3 nitrogen and oxygen atoms in total. The van der Waals surface area contributed by atoms with Gasteiger partial charge in [-0.15, -0.1) is 0 Å². The Morgan fingerprint density at radius 3 is 2.90 bits per heavy atom. The Labute approximate surface area is 118 Å². The van der Waals surface area contributed by atoms with E-state index in [0.717, 1.165) is 12.8 Å². The molecule has 4 heteroatoms. The van der Waals surface area contributed by atoms with E-state index < -0.39 is 5.82 Å². The van der Waals surface area contributed by atoms with E-state index in [0.29, 0.717) is 18.5 Å². The molecule has 2 N–H and O–H groups in total. The molecule has 1 saturated carbocycles. The molecule has 0 radical (unpaired) electrons. The topological polar surface area (TPSA) is 49.3 Å². The predicted molar refractivity (Wildman–Crippen MR) is 74.7 cm³/mol. The molecular formula is C16H18FNO2. The molecule has 0 atom stereocenters. The summed E-state index contributed by atoms with van der Waals surface area (Å²) in [6, 6.07) is 3.98. The molecule has 1 aliphatic carbocycles. The van der Waals surface area contributed by atoms with Crippen LogP contribution in [0.1, 0.15) is 42.1 Å². The van der Waals surface area contributed by atoms with Crippen molar-refractivity contribution in [3.63, 3.8) is 0 Å². The minimum atomic E-state index is -0.458. The summed E-state index contributed by atoms with van der Waals surface area (Å²) in [6.07, 6.45) is 2.55. The highest BCUT2D eigenvalue weighted by molar-refractivity contribution is 5.96. The van der Waals surface area contributed by atoms with Crippen molar-refractivity contribution in [1.29, 1.82) is 0 Å². The first-order valence-corrected chi connectivity index (χ1v) is 6.72. The number of halogens is 1. The summed E-state index contributed by atoms with van der Waals surface area (Å²) in [5, 5.41) is 11.5. The zero-order valence-electron chi connectivity index (χ0n) is 11.5. The number of aliphatic hydroxyl groups is 1. The molecule has 20 heavy (non-hydrogen) atoms. The molecule has 0 aliphatic heterocycles. The molecule has 1 amide bonds. The Hall–Kier alpha value is -1.86. The summed E-state index contributed by atoms with van der Waals surface area (Å²) in [6.45, 7) is 2.68. The highest BCUT2D eigenvalue weighted by Crippen LogP contribution is 2.44. The van der Waals surface area contributed by atoms with Gasteiger partial charge < -0.3 is 10.4 Å². The maximum atomic E-state index is 13.3. The second kappa shape index (κ2) is 6.06. The highest BCUT2D eigenvalue weighted by atomic mass is 19.1. The largest absolute Gasteiger partial charge is 0.395 e. The van der Waals surface area contributed by atoms with E-state index in [4.69, 9.17) is 5.11 Å². The molecule has 1 aromatic carbocycles. The summed E-state index contributed by atoms with van der Waals surface area (Å²) in [5.74, 6) is 4.79. The van der Waals surface area contributed by atoms with Gasteiger partial charge >= 0.3 is 0 Å². The highest BCUT2D eigenvalue weighted by Gasteiger charge is 2.37. The summed E-state index contributed by atoms with van der Waals surface area (Å²) >= 11 is 0. The third kappa shape index (κ3) is 3.82. The first-order valence-electron chi connectivity index (χ1n) is 6.72. The van der Waals surface area contributed by atoms with Crippen LogP contribution < -0.4 is 5.32 Å². The molecule has 1 aliphatic rings. The Kier molecular flexibility index (Phi) is 4.41. The number of carbonyl (C=O) groups excluding carboxylic acids is 1. The van der Waals surface area contributed by atoms with Crippen LogP contribution in [0.15, 0.2) is 18.2 Å². The second-order valence-corrected chi connectivity index (χ2v) is 5.46. The van der Waals surface area contributed by atoms with Crippen molar-refractivity contribution in [2.75, 3.05) is 13.2 Å². The van der Waals surface area contributed by atoms with Crippen molar-refractivity contribution < 1.29 is 14.3 Å². The molecule has 0 saturated heterocycles. The van der Waals surface area contributed by atoms with Crippen molar-refractivity contribution in [3.05, 3.63) is 35.1 Å². The molecule has 1 aromatic rings. The van der Waals surface area contributed by atoms with E-state index in [2.05, 4.69) is 24.1 Å². The van der Waals surface area contributed by atoms with Gasteiger partial charge in [0.15, 0.2) is 0 Å². The van der Waals surface area contributed by atoms with Crippen LogP contribution in [0.25, 0.3) is 0 Å². The van der Waals surface area contributed by atoms with Crippen molar-refractivity contribution in [2.45, 2.75) is 26.2 Å². The summed E-state index contributed by atoms with van der Waals surface area (Å²) < 4.78 is 13.3. The quantitative estimate of drug-likeness (QED) is 0.827. The van der Waals surface area contributed by atoms with Gasteiger partial charge in [-0.25, -0.2) is 4.39 Å². The Bertz CT molecular complexity index is 568. The Balaban J connectivity index is 2.13. The maximum absolute atomic E-state index is 13.3. The van der Waals surface area contributed by atoms with Gasteiger partial charge in [-0.1, -0.05) is 18.8 Å². The van der Waals surface area contributed by atoms with Gasteiger partial charge in [-0.3, -0.25) is 4.79 Å². The number of hydrogen-bond acceptors (Lipinski definition) is 2. The van der Waals surface area contributed by atoms with Gasteiger partial charge in [0.25, 0.3) is 5.91 Å². The number of hydrogen-bond donors (Lipinski definition) is 2. The monoisotopic (exact) mass is 275 g/mol. The molecule has 106 valence electrons. The lowest BCUT2D eigenvalue weighted by molar-refractivity contribution is 0.0945. The van der Waals surface area contributed by atoms with Crippen molar-refractivity contribution in [3.8, 4) is 11.8 Å². The van der Waals surface area contributed by atoms with E-state index in [1.165, 1.54) is 18.2 Å². The standard InChI is InChI=1S/C16H18FNO2/c1-16(7-8-16)11-18-15(20)14-10-13(17)6-5-12(14)4-2-3-9-19/h5-6,10,19H,3,7-9,11H2,1H3,(H,18,20). The maximum Gasteiger partial charge on any atom is 0.252 e. The fourth-order valence-electron chi connectivity index (χ4n) is 1.81. The van der Waals surface area contributed by atoms with Gasteiger partial charge in [0.05, 0.1) is 12.2 Å². The number of nitrogens with one attached hydrogen (secondary N) is 1. The number of amides is 1. The molecular weight excluding hydrogens is 257 g/mol. The van der Waals surface area contributed by atoms with Gasteiger partial charge in [-0.2, -0.15) is 0 Å². The predicted octanol–water partition coefficient (Wildman–Crippen LogP) is 2.09. The van der Waals surface area contributed by atoms with Crippen LogP contribution >= 0.6 is 0 Å². The molecule has 0 heterocycles. The van der Waals surface area contributed by atoms with E-state index >= 15 is 0 Å². The van der Waals surface area contributed by atoms with Crippen molar-refractivity contribution in [2.24, 2.45) is 5.41 Å². The number of carbonyl (C=O) groups is 1. The lowest BCUT2D eigenvalue weighted by Crippen LogP contribution is -2.29. The van der Waals surface area contributed by atoms with E-state index in [9.17, 15) is 9.18 Å². The fraction of sp³-hybridized carbons (Fsp3) is 0.438. The average molecular weight is 275 g/mol. The zero-order valence-corrected chi connectivity index (χ0v) is 11.5. The van der Waals surface area contributed by atoms with E-state index in [1.54, 1.807) is 0 Å². The lowest BCUT2D eigenvalue weighted by atomic mass is 10.1. The molecule has 0 aromatic heterocycles. The van der Waals surface area contributed by atoms with Crippen LogP contribution in [0.4, 0.5) is 4.39 Å². The van der Waals surface area contributed by atoms with Crippen molar-refractivity contribution in [1.82, 2.24) is 5.32 Å². The SMILES string of the molecule is CC1(CNC(=O)c2cc(F)ccc2C#CCCO)CC1. The Morgan fingerprint density at radius 1 is 1.50 bits per heavy atom. The smallest absolute Gasteiger partial charge is 0.252 e. The number of benzene rings is 1. The normalized spacial score (nSPS) is 15.2. The van der Waals surface area contributed by atoms with E-state index in [-0.39, 0.29) is 23.5 Å². The first kappa shape index (κ1) is 14.5. The van der Waals surface area contributed by atoms with Crippen LogP contribution in [0.2, 0.25) is 0 Å². The second-order valence-electron chi connectivity index (χ2n) is 5.46. The third-order valence-corrected chi connectivity index (χ3v) is 3.47. The molecule has 0 bridgehead atoms. The van der Waals surface area contributed by atoms with Crippen LogP contribution in [-0.2, 0) is 0 Å². The van der Waals surface area contributed by atoms with E-state index in [1.807, 2.05) is 0 Å².